The summed E-state index contributed by atoms with van der Waals surface area (Å²) in [6, 6.07) is 17.0. The van der Waals surface area contributed by atoms with Crippen LogP contribution in [0.25, 0.3) is 21.8 Å². The summed E-state index contributed by atoms with van der Waals surface area (Å²) in [4.78, 5) is 33.4. The molecule has 0 saturated heterocycles. The summed E-state index contributed by atoms with van der Waals surface area (Å²) in [5.41, 5.74) is 5.87. The topological polar surface area (TPSA) is 84.0 Å². The standard InChI is InChI=1S/C25H20N4O2S/c30-23-6-2-4-17-13-19(7-8-21(17)28-23)24(31)27-20-5-1-3-18(14-20)22-15-32-25(29-22)16-9-11-26-12-10-16/h1,3,5,7-15H,2,4,6H2,(H,27,31)(H,28,30). The Bertz CT molecular complexity index is 1300. The molecule has 2 N–H and O–H groups in total. The van der Waals surface area contributed by atoms with Gasteiger partial charge in [0.15, 0.2) is 0 Å². The number of aryl methyl sites for hydroxylation is 1. The normalized spacial score (nSPS) is 13.1. The van der Waals surface area contributed by atoms with E-state index in [1.165, 1.54) is 0 Å². The van der Waals surface area contributed by atoms with E-state index in [-0.39, 0.29) is 11.8 Å². The van der Waals surface area contributed by atoms with Crippen LogP contribution < -0.4 is 10.6 Å². The average molecular weight is 441 g/mol. The molecule has 4 aromatic rings. The van der Waals surface area contributed by atoms with Crippen LogP contribution in [-0.4, -0.2) is 21.8 Å². The fourth-order valence-corrected chi connectivity index (χ4v) is 4.54. The maximum atomic E-state index is 12.9. The van der Waals surface area contributed by atoms with Crippen LogP contribution in [0.2, 0.25) is 0 Å². The van der Waals surface area contributed by atoms with E-state index in [1.54, 1.807) is 35.9 Å². The predicted molar refractivity (Wildman–Crippen MR) is 127 cm³/mol. The molecule has 0 fully saturated rings. The van der Waals surface area contributed by atoms with Gasteiger partial charge in [-0.25, -0.2) is 4.98 Å². The highest BCUT2D eigenvalue weighted by Crippen LogP contribution is 2.30. The smallest absolute Gasteiger partial charge is 0.255 e. The van der Waals surface area contributed by atoms with Gasteiger partial charge in [-0.1, -0.05) is 12.1 Å². The second-order valence-electron chi connectivity index (χ2n) is 7.58. The predicted octanol–water partition coefficient (Wildman–Crippen LogP) is 5.40. The van der Waals surface area contributed by atoms with Crippen LogP contribution in [0.3, 0.4) is 0 Å². The molecule has 2 amide bonds. The van der Waals surface area contributed by atoms with Gasteiger partial charge < -0.3 is 10.6 Å². The molecule has 1 aliphatic rings. The highest BCUT2D eigenvalue weighted by Gasteiger charge is 2.16. The van der Waals surface area contributed by atoms with Crippen LogP contribution in [0.5, 0.6) is 0 Å². The lowest BCUT2D eigenvalue weighted by Crippen LogP contribution is -2.13. The van der Waals surface area contributed by atoms with Crippen molar-refractivity contribution in [2.24, 2.45) is 0 Å². The highest BCUT2D eigenvalue weighted by atomic mass is 32.1. The summed E-state index contributed by atoms with van der Waals surface area (Å²) in [5.74, 6) is -0.164. The number of thiazole rings is 1. The van der Waals surface area contributed by atoms with Crippen molar-refractivity contribution >= 4 is 34.5 Å². The minimum Gasteiger partial charge on any atom is -0.326 e. The Morgan fingerprint density at radius 1 is 1.00 bits per heavy atom. The van der Waals surface area contributed by atoms with E-state index in [2.05, 4.69) is 15.6 Å². The molecule has 7 heteroatoms. The monoisotopic (exact) mass is 440 g/mol. The number of nitrogens with zero attached hydrogens (tertiary/aromatic N) is 2. The van der Waals surface area contributed by atoms with E-state index in [0.29, 0.717) is 17.7 Å². The maximum absolute atomic E-state index is 12.9. The maximum Gasteiger partial charge on any atom is 0.255 e. The van der Waals surface area contributed by atoms with E-state index in [4.69, 9.17) is 4.98 Å². The third kappa shape index (κ3) is 4.29. The summed E-state index contributed by atoms with van der Waals surface area (Å²) in [6.07, 6.45) is 5.56. The Hall–Kier alpha value is -3.84. The van der Waals surface area contributed by atoms with Gasteiger partial charge in [-0.15, -0.1) is 11.3 Å². The van der Waals surface area contributed by atoms with Crippen molar-refractivity contribution in [1.82, 2.24) is 9.97 Å². The molecule has 0 saturated carbocycles. The molecule has 5 rings (SSSR count). The third-order valence-electron chi connectivity index (χ3n) is 5.34. The fourth-order valence-electron chi connectivity index (χ4n) is 3.71. The Morgan fingerprint density at radius 3 is 2.75 bits per heavy atom. The van der Waals surface area contributed by atoms with Crippen molar-refractivity contribution in [3.8, 4) is 21.8 Å². The van der Waals surface area contributed by atoms with E-state index in [0.717, 1.165) is 45.9 Å². The van der Waals surface area contributed by atoms with Crippen LogP contribution in [0.4, 0.5) is 11.4 Å². The van der Waals surface area contributed by atoms with Gasteiger partial charge in [-0.3, -0.25) is 14.6 Å². The third-order valence-corrected chi connectivity index (χ3v) is 6.23. The van der Waals surface area contributed by atoms with Gasteiger partial charge in [0.25, 0.3) is 5.91 Å². The number of carbonyl (C=O) groups is 2. The van der Waals surface area contributed by atoms with E-state index >= 15 is 0 Å². The van der Waals surface area contributed by atoms with Crippen molar-refractivity contribution in [2.75, 3.05) is 10.6 Å². The first kappa shape index (κ1) is 20.1. The number of fused-ring (bicyclic) bond motifs is 1. The molecule has 0 unspecified atom stereocenters. The zero-order chi connectivity index (χ0) is 21.9. The van der Waals surface area contributed by atoms with Gasteiger partial charge in [0, 0.05) is 52.3 Å². The lowest BCUT2D eigenvalue weighted by atomic mass is 10.0. The van der Waals surface area contributed by atoms with Gasteiger partial charge >= 0.3 is 0 Å². The number of nitrogens with one attached hydrogen (secondary N) is 2. The molecular weight excluding hydrogens is 420 g/mol. The van der Waals surface area contributed by atoms with Gasteiger partial charge in [0.2, 0.25) is 5.91 Å². The number of rotatable bonds is 4. The summed E-state index contributed by atoms with van der Waals surface area (Å²) < 4.78 is 0. The lowest BCUT2D eigenvalue weighted by molar-refractivity contribution is -0.116. The summed E-state index contributed by atoms with van der Waals surface area (Å²) in [7, 11) is 0. The molecule has 1 aliphatic heterocycles. The Balaban J connectivity index is 1.34. The van der Waals surface area contributed by atoms with Crippen LogP contribution in [0, 0.1) is 0 Å². The van der Waals surface area contributed by atoms with Crippen LogP contribution >= 0.6 is 11.3 Å². The molecule has 3 heterocycles. The minimum atomic E-state index is -0.184. The molecule has 6 nitrogen and oxygen atoms in total. The molecule has 0 bridgehead atoms. The Morgan fingerprint density at radius 2 is 1.88 bits per heavy atom. The van der Waals surface area contributed by atoms with Crippen LogP contribution in [0.15, 0.2) is 72.4 Å². The molecule has 2 aromatic heterocycles. The second kappa shape index (κ2) is 8.72. The number of carbonyl (C=O) groups excluding carboxylic acids is 2. The molecular formula is C25H20N4O2S. The Kier molecular flexibility index (Phi) is 5.47. The van der Waals surface area contributed by atoms with Crippen molar-refractivity contribution in [3.63, 3.8) is 0 Å². The molecule has 32 heavy (non-hydrogen) atoms. The highest BCUT2D eigenvalue weighted by molar-refractivity contribution is 7.13. The second-order valence-corrected chi connectivity index (χ2v) is 8.44. The summed E-state index contributed by atoms with van der Waals surface area (Å²) in [5, 5.41) is 8.81. The molecule has 158 valence electrons. The molecule has 0 atom stereocenters. The first-order valence-corrected chi connectivity index (χ1v) is 11.2. The number of anilines is 2. The zero-order valence-electron chi connectivity index (χ0n) is 17.2. The molecule has 0 radical (unpaired) electrons. The fraction of sp³-hybridized carbons (Fsp3) is 0.120. The number of pyridine rings is 1. The largest absolute Gasteiger partial charge is 0.326 e. The first-order valence-electron chi connectivity index (χ1n) is 10.4. The van der Waals surface area contributed by atoms with Crippen LogP contribution in [-0.2, 0) is 11.2 Å². The number of amides is 2. The zero-order valence-corrected chi connectivity index (χ0v) is 18.0. The quantitative estimate of drug-likeness (QED) is 0.445. The van der Waals surface area contributed by atoms with Crippen molar-refractivity contribution in [1.29, 1.82) is 0 Å². The molecule has 0 spiro atoms. The average Bonchev–Trinajstić information content (AvgIpc) is 3.23. The van der Waals surface area contributed by atoms with Gasteiger partial charge in [-0.2, -0.15) is 0 Å². The van der Waals surface area contributed by atoms with Gasteiger partial charge in [0.1, 0.15) is 5.01 Å². The minimum absolute atomic E-state index is 0.0203. The number of aromatic nitrogens is 2. The number of hydrogen-bond acceptors (Lipinski definition) is 5. The van der Waals surface area contributed by atoms with Gasteiger partial charge in [0.05, 0.1) is 5.69 Å². The van der Waals surface area contributed by atoms with E-state index in [9.17, 15) is 9.59 Å². The molecule has 2 aromatic carbocycles. The summed E-state index contributed by atoms with van der Waals surface area (Å²) in [6.45, 7) is 0. The van der Waals surface area contributed by atoms with E-state index < -0.39 is 0 Å². The SMILES string of the molecule is O=C1CCCc2cc(C(=O)Nc3cccc(-c4csc(-c5ccncc5)n4)c3)ccc2N1. The Labute approximate surface area is 189 Å². The van der Waals surface area contributed by atoms with Crippen molar-refractivity contribution < 1.29 is 9.59 Å². The van der Waals surface area contributed by atoms with Crippen molar-refractivity contribution in [3.05, 3.63) is 83.5 Å². The number of hydrogen-bond donors (Lipinski definition) is 2. The molecule has 0 aliphatic carbocycles. The number of benzene rings is 2. The van der Waals surface area contributed by atoms with Crippen molar-refractivity contribution in [2.45, 2.75) is 19.3 Å². The lowest BCUT2D eigenvalue weighted by Gasteiger charge is -2.10. The van der Waals surface area contributed by atoms with Crippen LogP contribution in [0.1, 0.15) is 28.8 Å². The van der Waals surface area contributed by atoms with Gasteiger partial charge in [-0.05, 0) is 60.9 Å². The first-order chi connectivity index (χ1) is 15.7. The van der Waals surface area contributed by atoms with E-state index in [1.807, 2.05) is 47.8 Å². The summed E-state index contributed by atoms with van der Waals surface area (Å²) >= 11 is 1.57.